The van der Waals surface area contributed by atoms with Crippen LogP contribution in [0.3, 0.4) is 0 Å². The first-order valence-electron chi connectivity index (χ1n) is 9.86. The van der Waals surface area contributed by atoms with E-state index in [1.165, 1.54) is 19.2 Å². The number of carbonyl (C=O) groups is 4. The summed E-state index contributed by atoms with van der Waals surface area (Å²) in [5.41, 5.74) is -0.0712. The maximum absolute atomic E-state index is 12.4. The number of non-ortho nitro benzene ring substituents is 1. The van der Waals surface area contributed by atoms with Crippen LogP contribution < -0.4 is 10.1 Å². The van der Waals surface area contributed by atoms with Crippen LogP contribution >= 0.6 is 0 Å². The van der Waals surface area contributed by atoms with E-state index in [-0.39, 0.29) is 17.1 Å². The summed E-state index contributed by atoms with van der Waals surface area (Å²) >= 11 is 0. The Hall–Kier alpha value is -3.94. The van der Waals surface area contributed by atoms with Crippen LogP contribution in [0.2, 0.25) is 0 Å². The minimum Gasteiger partial charge on any atom is -0.467 e. The van der Waals surface area contributed by atoms with Gasteiger partial charge in [-0.05, 0) is 6.07 Å². The van der Waals surface area contributed by atoms with Crippen LogP contribution in [0.15, 0.2) is 18.2 Å². The largest absolute Gasteiger partial charge is 0.467 e. The number of hydrogen-bond acceptors (Lipinski definition) is 13. The van der Waals surface area contributed by atoms with Crippen LogP contribution in [-0.4, -0.2) is 73.7 Å². The fraction of sp³-hybridized carbons (Fsp3) is 0.500. The molecule has 1 aliphatic heterocycles. The molecule has 1 N–H and O–H groups in total. The molecule has 0 aliphatic carbocycles. The molecule has 0 amide bonds. The van der Waals surface area contributed by atoms with E-state index in [2.05, 4.69) is 5.32 Å². The molecule has 0 bridgehead atoms. The molecule has 14 nitrogen and oxygen atoms in total. The van der Waals surface area contributed by atoms with Gasteiger partial charge in [0.2, 0.25) is 12.4 Å². The molecule has 0 unspecified atom stereocenters. The van der Waals surface area contributed by atoms with E-state index in [0.717, 1.165) is 33.9 Å². The maximum Gasteiger partial charge on any atom is 0.339 e. The number of nitro benzene ring substituents is 1. The van der Waals surface area contributed by atoms with E-state index >= 15 is 0 Å². The highest BCUT2D eigenvalue weighted by Crippen LogP contribution is 2.35. The zero-order valence-corrected chi connectivity index (χ0v) is 19.0. The second-order valence-electron chi connectivity index (χ2n) is 6.98. The van der Waals surface area contributed by atoms with Crippen molar-refractivity contribution in [3.05, 3.63) is 28.3 Å². The van der Waals surface area contributed by atoms with Gasteiger partial charge >= 0.3 is 23.9 Å². The average Bonchev–Trinajstić information content (AvgIpc) is 2.76. The third-order valence-electron chi connectivity index (χ3n) is 4.52. The number of anilines is 1. The Labute approximate surface area is 193 Å². The SMILES string of the molecule is CNc1cc([N+](=O)[O-])ccc1O[C@@H]1O[C@H](C(=O)OC)[C@H](OC(C)=O)[C@H](OC(C)=O)[C@H]1OC(C)=O. The minimum absolute atomic E-state index is 0.0198. The number of nitro groups is 1. The lowest BCUT2D eigenvalue weighted by Crippen LogP contribution is -2.64. The molecular formula is C20H24N2O12. The molecule has 2 rings (SSSR count). The number of hydrogen-bond donors (Lipinski definition) is 1. The number of ether oxygens (including phenoxy) is 6. The average molecular weight is 484 g/mol. The van der Waals surface area contributed by atoms with Crippen LogP contribution in [0, 0.1) is 10.1 Å². The fourth-order valence-corrected chi connectivity index (χ4v) is 3.23. The number of esters is 4. The van der Waals surface area contributed by atoms with E-state index in [0.29, 0.717) is 0 Å². The van der Waals surface area contributed by atoms with Crippen LogP contribution in [-0.2, 0) is 42.9 Å². The first kappa shape index (κ1) is 26.3. The second-order valence-corrected chi connectivity index (χ2v) is 6.98. The van der Waals surface area contributed by atoms with Gasteiger partial charge < -0.3 is 33.7 Å². The van der Waals surface area contributed by atoms with Gasteiger partial charge in [-0.1, -0.05) is 0 Å². The molecule has 14 heteroatoms. The summed E-state index contributed by atoms with van der Waals surface area (Å²) in [5.74, 6) is -3.47. The predicted molar refractivity (Wildman–Crippen MR) is 111 cm³/mol. The Morgan fingerprint density at radius 1 is 0.971 bits per heavy atom. The Morgan fingerprint density at radius 2 is 1.53 bits per heavy atom. The van der Waals surface area contributed by atoms with Gasteiger partial charge in [-0.25, -0.2) is 4.79 Å². The lowest BCUT2D eigenvalue weighted by molar-refractivity contribution is -0.384. The molecule has 0 saturated carbocycles. The molecule has 0 spiro atoms. The number of methoxy groups -OCH3 is 1. The van der Waals surface area contributed by atoms with Crippen molar-refractivity contribution in [1.29, 1.82) is 0 Å². The smallest absolute Gasteiger partial charge is 0.339 e. The molecule has 1 aromatic rings. The number of benzene rings is 1. The Bertz CT molecular complexity index is 965. The van der Waals surface area contributed by atoms with E-state index in [1.54, 1.807) is 0 Å². The Morgan fingerprint density at radius 3 is 2.03 bits per heavy atom. The molecule has 1 aromatic carbocycles. The summed E-state index contributed by atoms with van der Waals surface area (Å²) < 4.78 is 31.8. The summed E-state index contributed by atoms with van der Waals surface area (Å²) in [7, 11) is 2.54. The van der Waals surface area contributed by atoms with E-state index in [9.17, 15) is 29.3 Å². The Balaban J connectivity index is 2.56. The molecule has 1 aliphatic rings. The number of nitrogens with zero attached hydrogens (tertiary/aromatic N) is 1. The first-order chi connectivity index (χ1) is 16.0. The Kier molecular flexibility index (Phi) is 8.72. The van der Waals surface area contributed by atoms with Crippen molar-refractivity contribution in [1.82, 2.24) is 0 Å². The molecule has 1 fully saturated rings. The number of carbonyl (C=O) groups excluding carboxylic acids is 4. The summed E-state index contributed by atoms with van der Waals surface area (Å²) in [6, 6.07) is 3.59. The standard InChI is InChI=1S/C20H24N2O12/c1-9(23)30-15-16(31-10(2)24)18(32-11(3)25)20(34-17(15)19(26)29-5)33-14-7-6-12(22(27)28)8-13(14)21-4/h6-8,15-18,20-21H,1-5H3/t15-,16+,17+,18-,20-/m1/s1. The third-order valence-corrected chi connectivity index (χ3v) is 4.52. The number of nitrogens with one attached hydrogen (secondary N) is 1. The normalized spacial score (nSPS) is 23.7. The molecule has 1 saturated heterocycles. The molecular weight excluding hydrogens is 460 g/mol. The molecule has 5 atom stereocenters. The zero-order chi connectivity index (χ0) is 25.6. The van der Waals surface area contributed by atoms with Crippen LogP contribution in [0.25, 0.3) is 0 Å². The van der Waals surface area contributed by atoms with Crippen molar-refractivity contribution in [2.45, 2.75) is 51.5 Å². The van der Waals surface area contributed by atoms with Crippen molar-refractivity contribution >= 4 is 35.3 Å². The molecule has 186 valence electrons. The van der Waals surface area contributed by atoms with Crippen LogP contribution in [0.1, 0.15) is 20.8 Å². The van der Waals surface area contributed by atoms with Gasteiger partial charge in [0.15, 0.2) is 18.3 Å². The second kappa shape index (κ2) is 11.3. The highest BCUT2D eigenvalue weighted by molar-refractivity contribution is 5.77. The van der Waals surface area contributed by atoms with Gasteiger partial charge in [0, 0.05) is 40.0 Å². The van der Waals surface area contributed by atoms with Gasteiger partial charge in [0.05, 0.1) is 17.7 Å². The van der Waals surface area contributed by atoms with Crippen molar-refractivity contribution in [2.75, 3.05) is 19.5 Å². The summed E-state index contributed by atoms with van der Waals surface area (Å²) in [4.78, 5) is 58.2. The van der Waals surface area contributed by atoms with E-state index in [4.69, 9.17) is 28.4 Å². The molecule has 0 radical (unpaired) electrons. The third kappa shape index (κ3) is 6.31. The van der Waals surface area contributed by atoms with Crippen molar-refractivity contribution in [3.63, 3.8) is 0 Å². The van der Waals surface area contributed by atoms with E-state index < -0.39 is 59.5 Å². The van der Waals surface area contributed by atoms with Crippen LogP contribution in [0.4, 0.5) is 11.4 Å². The van der Waals surface area contributed by atoms with E-state index in [1.807, 2.05) is 0 Å². The van der Waals surface area contributed by atoms with Crippen molar-refractivity contribution < 1.29 is 52.5 Å². The van der Waals surface area contributed by atoms with Gasteiger partial charge in [0.25, 0.3) is 5.69 Å². The topological polar surface area (TPSA) is 179 Å². The fourth-order valence-electron chi connectivity index (χ4n) is 3.23. The quantitative estimate of drug-likeness (QED) is 0.236. The van der Waals surface area contributed by atoms with Gasteiger partial charge in [0.1, 0.15) is 5.75 Å². The molecule has 1 heterocycles. The van der Waals surface area contributed by atoms with Gasteiger partial charge in [-0.3, -0.25) is 24.5 Å². The predicted octanol–water partition coefficient (Wildman–Crippen LogP) is 0.708. The number of rotatable bonds is 8. The van der Waals surface area contributed by atoms with Gasteiger partial charge in [-0.2, -0.15) is 0 Å². The van der Waals surface area contributed by atoms with Gasteiger partial charge in [-0.15, -0.1) is 0 Å². The maximum atomic E-state index is 12.4. The monoisotopic (exact) mass is 484 g/mol. The lowest BCUT2D eigenvalue weighted by Gasteiger charge is -2.43. The van der Waals surface area contributed by atoms with Crippen molar-refractivity contribution in [3.8, 4) is 5.75 Å². The first-order valence-corrected chi connectivity index (χ1v) is 9.86. The summed E-state index contributed by atoms with van der Waals surface area (Å²) in [5, 5.41) is 13.8. The van der Waals surface area contributed by atoms with Crippen molar-refractivity contribution in [2.24, 2.45) is 0 Å². The zero-order valence-electron chi connectivity index (χ0n) is 19.0. The van der Waals surface area contributed by atoms with Crippen LogP contribution in [0.5, 0.6) is 5.75 Å². The summed E-state index contributed by atoms with van der Waals surface area (Å²) in [6.07, 6.45) is -7.79. The molecule has 34 heavy (non-hydrogen) atoms. The minimum atomic E-state index is -1.63. The highest BCUT2D eigenvalue weighted by Gasteiger charge is 2.56. The molecule has 0 aromatic heterocycles. The lowest BCUT2D eigenvalue weighted by atomic mass is 9.97. The summed E-state index contributed by atoms with van der Waals surface area (Å²) in [6.45, 7) is 3.18. The highest BCUT2D eigenvalue weighted by atomic mass is 16.7.